The molecule has 0 radical (unpaired) electrons. The summed E-state index contributed by atoms with van der Waals surface area (Å²) in [6.45, 7) is 0.307. The van der Waals surface area contributed by atoms with Crippen LogP contribution in [0.3, 0.4) is 0 Å². The summed E-state index contributed by atoms with van der Waals surface area (Å²) < 4.78 is 1.89. The maximum atomic E-state index is 12.6. The SMILES string of the molecule is CN1C(=O)CN(c2cc(C3CC3)cn3cc(CNc4nc(Cl)nnc4Cl)nc23)C1=O. The molecule has 30 heavy (non-hydrogen) atoms. The minimum Gasteiger partial charge on any atom is -0.362 e. The van der Waals surface area contributed by atoms with Gasteiger partial charge in [0.2, 0.25) is 11.2 Å². The monoisotopic (exact) mass is 446 g/mol. The number of nitrogens with one attached hydrogen (secondary N) is 1. The van der Waals surface area contributed by atoms with Crippen molar-refractivity contribution >= 4 is 52.3 Å². The van der Waals surface area contributed by atoms with Crippen molar-refractivity contribution < 1.29 is 9.59 Å². The topological polar surface area (TPSA) is 109 Å². The molecule has 10 nitrogen and oxygen atoms in total. The lowest BCUT2D eigenvalue weighted by Crippen LogP contribution is -2.30. The number of anilines is 2. The molecule has 0 bridgehead atoms. The van der Waals surface area contributed by atoms with E-state index >= 15 is 0 Å². The fourth-order valence-corrected chi connectivity index (χ4v) is 3.71. The Bertz CT molecular complexity index is 1190. The molecule has 4 heterocycles. The predicted molar refractivity (Wildman–Crippen MR) is 110 cm³/mol. The molecule has 12 heteroatoms. The van der Waals surface area contributed by atoms with Crippen molar-refractivity contribution in [2.24, 2.45) is 0 Å². The molecule has 2 fully saturated rings. The zero-order valence-corrected chi connectivity index (χ0v) is 17.4. The zero-order chi connectivity index (χ0) is 21.0. The van der Waals surface area contributed by atoms with Crippen LogP contribution in [0.25, 0.3) is 5.65 Å². The van der Waals surface area contributed by atoms with Crippen molar-refractivity contribution in [3.63, 3.8) is 0 Å². The van der Waals surface area contributed by atoms with Crippen molar-refractivity contribution in [1.29, 1.82) is 0 Å². The molecule has 3 aromatic rings. The molecule has 5 rings (SSSR count). The lowest BCUT2D eigenvalue weighted by Gasteiger charge is -2.17. The number of carbonyl (C=O) groups excluding carboxylic acids is 2. The average Bonchev–Trinajstić information content (AvgIpc) is 3.45. The van der Waals surface area contributed by atoms with E-state index in [4.69, 9.17) is 23.2 Å². The Morgan fingerprint density at radius 2 is 1.97 bits per heavy atom. The first-order valence-corrected chi connectivity index (χ1v) is 10.1. The van der Waals surface area contributed by atoms with Crippen LogP contribution < -0.4 is 10.2 Å². The number of likely N-dealkylation sites (N-methyl/N-ethyl adjacent to an activating group) is 1. The van der Waals surface area contributed by atoms with Gasteiger partial charge in [0.05, 0.1) is 17.9 Å². The number of imidazole rings is 1. The number of carbonyl (C=O) groups is 2. The molecule has 1 aliphatic heterocycles. The van der Waals surface area contributed by atoms with Crippen LogP contribution >= 0.6 is 23.2 Å². The minimum atomic E-state index is -0.356. The van der Waals surface area contributed by atoms with Gasteiger partial charge in [-0.15, -0.1) is 10.2 Å². The third kappa shape index (κ3) is 3.31. The Hall–Kier alpha value is -2.98. The number of hydrogen-bond donors (Lipinski definition) is 1. The molecule has 3 aromatic heterocycles. The van der Waals surface area contributed by atoms with E-state index in [2.05, 4.69) is 25.5 Å². The first-order valence-electron chi connectivity index (χ1n) is 9.30. The zero-order valence-electron chi connectivity index (χ0n) is 15.8. The van der Waals surface area contributed by atoms with E-state index in [1.807, 2.05) is 22.9 Å². The molecule has 0 atom stereocenters. The van der Waals surface area contributed by atoms with Gasteiger partial charge in [-0.05, 0) is 42.0 Å². The summed E-state index contributed by atoms with van der Waals surface area (Å²) in [5.41, 5.74) is 3.04. The highest BCUT2D eigenvalue weighted by Gasteiger charge is 2.36. The third-order valence-electron chi connectivity index (χ3n) is 5.18. The van der Waals surface area contributed by atoms with E-state index in [-0.39, 0.29) is 28.9 Å². The Morgan fingerprint density at radius 3 is 2.67 bits per heavy atom. The van der Waals surface area contributed by atoms with Gasteiger partial charge in [0.15, 0.2) is 16.6 Å². The van der Waals surface area contributed by atoms with Gasteiger partial charge in [-0.25, -0.2) is 9.78 Å². The number of fused-ring (bicyclic) bond motifs is 1. The molecule has 0 spiro atoms. The molecular formula is C18H16Cl2N8O2. The summed E-state index contributed by atoms with van der Waals surface area (Å²) in [5, 5.41) is 10.4. The van der Waals surface area contributed by atoms with E-state index in [1.54, 1.807) is 0 Å². The van der Waals surface area contributed by atoms with Gasteiger partial charge in [-0.2, -0.15) is 4.98 Å². The standard InChI is InChI=1S/C18H16Cl2N8O2/c1-26-13(29)8-28(18(26)30)12-4-10(9-2-3-9)6-27-7-11(22-16(12)27)5-21-15-14(19)24-25-17(20)23-15/h4,6-7,9H,2-3,5,8H2,1H3,(H,21,23,25). The van der Waals surface area contributed by atoms with Crippen LogP contribution in [0.1, 0.15) is 30.0 Å². The second kappa shape index (κ2) is 7.06. The first-order chi connectivity index (χ1) is 14.4. The maximum absolute atomic E-state index is 12.6. The lowest BCUT2D eigenvalue weighted by atomic mass is 10.1. The number of amides is 3. The summed E-state index contributed by atoms with van der Waals surface area (Å²) in [7, 11) is 1.48. The highest BCUT2D eigenvalue weighted by Crippen LogP contribution is 2.42. The molecule has 1 saturated heterocycles. The van der Waals surface area contributed by atoms with Crippen LogP contribution in [-0.2, 0) is 11.3 Å². The van der Waals surface area contributed by atoms with Gasteiger partial charge >= 0.3 is 6.03 Å². The summed E-state index contributed by atoms with van der Waals surface area (Å²) >= 11 is 11.8. The van der Waals surface area contributed by atoms with Crippen molar-refractivity contribution in [2.45, 2.75) is 25.3 Å². The quantitative estimate of drug-likeness (QED) is 0.599. The van der Waals surface area contributed by atoms with Crippen molar-refractivity contribution in [3.8, 4) is 0 Å². The van der Waals surface area contributed by atoms with E-state index in [0.717, 1.165) is 23.3 Å². The number of halogens is 2. The Labute approximate surface area is 180 Å². The minimum absolute atomic E-state index is 0.000266. The molecule has 1 N–H and O–H groups in total. The maximum Gasteiger partial charge on any atom is 0.331 e. The fraction of sp³-hybridized carbons (Fsp3) is 0.333. The van der Waals surface area contributed by atoms with Crippen LogP contribution in [0.2, 0.25) is 10.4 Å². The van der Waals surface area contributed by atoms with Crippen LogP contribution in [-0.4, -0.2) is 55.0 Å². The molecule has 1 aliphatic carbocycles. The van der Waals surface area contributed by atoms with Gasteiger partial charge in [0, 0.05) is 19.4 Å². The molecular weight excluding hydrogens is 431 g/mol. The number of imide groups is 1. The van der Waals surface area contributed by atoms with E-state index in [0.29, 0.717) is 35.3 Å². The van der Waals surface area contributed by atoms with Crippen molar-refractivity contribution in [2.75, 3.05) is 23.8 Å². The van der Waals surface area contributed by atoms with Gasteiger partial charge in [-0.1, -0.05) is 11.6 Å². The predicted octanol–water partition coefficient (Wildman–Crippen LogP) is 2.71. The molecule has 3 amide bonds. The van der Waals surface area contributed by atoms with Gasteiger partial charge in [-0.3, -0.25) is 14.6 Å². The third-order valence-corrected chi connectivity index (χ3v) is 5.60. The first kappa shape index (κ1) is 19.0. The Kier molecular flexibility index (Phi) is 4.48. The highest BCUT2D eigenvalue weighted by atomic mass is 35.5. The van der Waals surface area contributed by atoms with Crippen molar-refractivity contribution in [3.05, 3.63) is 40.2 Å². The smallest absolute Gasteiger partial charge is 0.331 e. The van der Waals surface area contributed by atoms with Gasteiger partial charge < -0.3 is 9.72 Å². The number of nitrogens with zero attached hydrogens (tertiary/aromatic N) is 7. The number of pyridine rings is 1. The molecule has 2 aliphatic rings. The molecule has 154 valence electrons. The second-order valence-electron chi connectivity index (χ2n) is 7.29. The lowest BCUT2D eigenvalue weighted by molar-refractivity contribution is -0.123. The van der Waals surface area contributed by atoms with Crippen molar-refractivity contribution in [1.82, 2.24) is 29.5 Å². The summed E-state index contributed by atoms with van der Waals surface area (Å²) in [5.74, 6) is 0.525. The number of aromatic nitrogens is 5. The van der Waals surface area contributed by atoms with Crippen LogP contribution in [0, 0.1) is 0 Å². The Balaban J connectivity index is 1.51. The van der Waals surface area contributed by atoms with Gasteiger partial charge in [0.1, 0.15) is 6.54 Å². The molecule has 0 unspecified atom stereocenters. The summed E-state index contributed by atoms with van der Waals surface area (Å²) in [6.07, 6.45) is 6.12. The fourth-order valence-electron chi connectivity index (χ4n) is 3.44. The summed E-state index contributed by atoms with van der Waals surface area (Å²) in [6, 6.07) is 1.61. The number of hydrogen-bond acceptors (Lipinski definition) is 7. The van der Waals surface area contributed by atoms with E-state index in [1.165, 1.54) is 11.9 Å². The summed E-state index contributed by atoms with van der Waals surface area (Å²) in [4.78, 5) is 35.9. The average molecular weight is 447 g/mol. The normalized spacial score (nSPS) is 16.8. The van der Waals surface area contributed by atoms with Crippen LogP contribution in [0.15, 0.2) is 18.5 Å². The van der Waals surface area contributed by atoms with Crippen LogP contribution in [0.4, 0.5) is 16.3 Å². The molecule has 0 aromatic carbocycles. The second-order valence-corrected chi connectivity index (χ2v) is 7.99. The molecule has 1 saturated carbocycles. The highest BCUT2D eigenvalue weighted by molar-refractivity contribution is 6.32. The van der Waals surface area contributed by atoms with E-state index < -0.39 is 0 Å². The number of rotatable bonds is 5. The largest absolute Gasteiger partial charge is 0.362 e. The number of urea groups is 1. The van der Waals surface area contributed by atoms with E-state index in [9.17, 15) is 9.59 Å². The van der Waals surface area contributed by atoms with Crippen LogP contribution in [0.5, 0.6) is 0 Å². The van der Waals surface area contributed by atoms with Gasteiger partial charge in [0.25, 0.3) is 0 Å². The Morgan fingerprint density at radius 1 is 1.17 bits per heavy atom.